The van der Waals surface area contributed by atoms with E-state index in [2.05, 4.69) is 56.7 Å². The van der Waals surface area contributed by atoms with E-state index >= 15 is 0 Å². The molecule has 3 nitrogen and oxygen atoms in total. The van der Waals surface area contributed by atoms with Gasteiger partial charge in [0, 0.05) is 11.9 Å². The molecular weight excluding hydrogens is 250 g/mol. The first-order valence-corrected chi connectivity index (χ1v) is 6.86. The first-order valence-electron chi connectivity index (χ1n) is 6.86. The lowest BCUT2D eigenvalue weighted by Gasteiger charge is -2.21. The maximum Gasteiger partial charge on any atom is 0.119 e. The lowest BCUT2D eigenvalue weighted by Crippen LogP contribution is -2.20. The molecule has 3 heteroatoms. The first-order chi connectivity index (χ1) is 9.40. The fraction of sp³-hybridized carbons (Fsp3) is 0.412. The van der Waals surface area contributed by atoms with E-state index in [9.17, 15) is 0 Å². The number of hydrogen-bond donors (Lipinski definition) is 0. The zero-order valence-electron chi connectivity index (χ0n) is 12.9. The molecule has 108 valence electrons. The third kappa shape index (κ3) is 3.42. The van der Waals surface area contributed by atoms with Crippen molar-refractivity contribution in [2.24, 2.45) is 0 Å². The van der Waals surface area contributed by atoms with Gasteiger partial charge in [-0.1, -0.05) is 0 Å². The van der Waals surface area contributed by atoms with Crippen LogP contribution < -0.4 is 4.74 Å². The topological polar surface area (TPSA) is 23.4 Å². The molecule has 0 atom stereocenters. The fourth-order valence-corrected chi connectivity index (χ4v) is 2.02. The molecule has 0 amide bonds. The van der Waals surface area contributed by atoms with E-state index in [1.165, 1.54) is 11.3 Å². The Bertz CT molecular complexity index is 562. The van der Waals surface area contributed by atoms with Crippen molar-refractivity contribution in [3.63, 3.8) is 0 Å². The van der Waals surface area contributed by atoms with Crippen LogP contribution in [0.5, 0.6) is 5.75 Å². The van der Waals surface area contributed by atoms with Gasteiger partial charge in [0.1, 0.15) is 5.75 Å². The quantitative estimate of drug-likeness (QED) is 0.837. The minimum atomic E-state index is -0.137. The summed E-state index contributed by atoms with van der Waals surface area (Å²) in [5.41, 5.74) is 3.41. The molecule has 1 heterocycles. The standard InChI is InChI=1S/C17H23NO2/c1-13-10-11-18(16(13)12-20-17(2,3)4)14-6-8-15(19-5)9-7-14/h6-11H,12H2,1-5H3. The Morgan fingerprint density at radius 3 is 2.25 bits per heavy atom. The average molecular weight is 273 g/mol. The molecule has 0 aliphatic rings. The van der Waals surface area contributed by atoms with Crippen molar-refractivity contribution in [2.45, 2.75) is 39.9 Å². The summed E-state index contributed by atoms with van der Waals surface area (Å²) in [5.74, 6) is 0.866. The van der Waals surface area contributed by atoms with Gasteiger partial charge >= 0.3 is 0 Å². The van der Waals surface area contributed by atoms with E-state index in [4.69, 9.17) is 9.47 Å². The maximum absolute atomic E-state index is 5.92. The van der Waals surface area contributed by atoms with Gasteiger partial charge in [-0.25, -0.2) is 0 Å². The molecule has 0 saturated heterocycles. The zero-order chi connectivity index (χ0) is 14.8. The molecule has 0 aliphatic carbocycles. The van der Waals surface area contributed by atoms with E-state index < -0.39 is 0 Å². The SMILES string of the molecule is COc1ccc(-n2ccc(C)c2COC(C)(C)C)cc1. The highest BCUT2D eigenvalue weighted by Crippen LogP contribution is 2.22. The summed E-state index contributed by atoms with van der Waals surface area (Å²) in [6, 6.07) is 10.2. The second-order valence-corrected chi connectivity index (χ2v) is 5.91. The molecule has 0 N–H and O–H groups in total. The Morgan fingerprint density at radius 1 is 1.05 bits per heavy atom. The summed E-state index contributed by atoms with van der Waals surface area (Å²) in [6.45, 7) is 8.94. The van der Waals surface area contributed by atoms with Gasteiger partial charge < -0.3 is 14.0 Å². The van der Waals surface area contributed by atoms with Gasteiger partial charge in [0.15, 0.2) is 0 Å². The van der Waals surface area contributed by atoms with Crippen LogP contribution in [0.4, 0.5) is 0 Å². The van der Waals surface area contributed by atoms with Crippen LogP contribution in [0.3, 0.4) is 0 Å². The van der Waals surface area contributed by atoms with Crippen molar-refractivity contribution in [3.05, 3.63) is 47.8 Å². The molecule has 2 rings (SSSR count). The molecular formula is C17H23NO2. The van der Waals surface area contributed by atoms with Crippen LogP contribution >= 0.6 is 0 Å². The minimum absolute atomic E-state index is 0.137. The van der Waals surface area contributed by atoms with Crippen LogP contribution in [0.25, 0.3) is 5.69 Å². The lowest BCUT2D eigenvalue weighted by atomic mass is 10.2. The smallest absolute Gasteiger partial charge is 0.119 e. The van der Waals surface area contributed by atoms with Gasteiger partial charge in [0.25, 0.3) is 0 Å². The average Bonchev–Trinajstić information content (AvgIpc) is 2.77. The number of benzene rings is 1. The molecule has 0 bridgehead atoms. The second-order valence-electron chi connectivity index (χ2n) is 5.91. The summed E-state index contributed by atoms with van der Waals surface area (Å²) in [4.78, 5) is 0. The molecule has 0 aliphatic heterocycles. The Labute approximate surface area is 121 Å². The molecule has 0 saturated carbocycles. The van der Waals surface area contributed by atoms with Crippen molar-refractivity contribution in [1.82, 2.24) is 4.57 Å². The van der Waals surface area contributed by atoms with E-state index in [-0.39, 0.29) is 5.60 Å². The monoisotopic (exact) mass is 273 g/mol. The summed E-state index contributed by atoms with van der Waals surface area (Å²) < 4.78 is 13.3. The maximum atomic E-state index is 5.92. The van der Waals surface area contributed by atoms with Gasteiger partial charge in [-0.15, -0.1) is 0 Å². The Balaban J connectivity index is 2.27. The molecule has 0 fully saturated rings. The van der Waals surface area contributed by atoms with Gasteiger partial charge in [0.05, 0.1) is 25.0 Å². The van der Waals surface area contributed by atoms with Gasteiger partial charge in [-0.3, -0.25) is 0 Å². The highest BCUT2D eigenvalue weighted by Gasteiger charge is 2.14. The van der Waals surface area contributed by atoms with E-state index in [1.807, 2.05) is 12.1 Å². The van der Waals surface area contributed by atoms with Crippen molar-refractivity contribution in [1.29, 1.82) is 0 Å². The normalized spacial score (nSPS) is 11.7. The molecule has 1 aromatic heterocycles. The molecule has 2 aromatic rings. The third-order valence-corrected chi connectivity index (χ3v) is 3.21. The van der Waals surface area contributed by atoms with Crippen LogP contribution in [0.2, 0.25) is 0 Å². The number of hydrogen-bond acceptors (Lipinski definition) is 2. The van der Waals surface area contributed by atoms with Crippen LogP contribution in [0.15, 0.2) is 36.5 Å². The highest BCUT2D eigenvalue weighted by atomic mass is 16.5. The zero-order valence-corrected chi connectivity index (χ0v) is 12.9. The Hall–Kier alpha value is -1.74. The number of ether oxygens (including phenoxy) is 2. The predicted octanol–water partition coefficient (Wildman–Crippen LogP) is 4.11. The molecule has 0 radical (unpaired) electrons. The van der Waals surface area contributed by atoms with E-state index in [0.717, 1.165) is 11.4 Å². The number of aromatic nitrogens is 1. The van der Waals surface area contributed by atoms with Gasteiger partial charge in [-0.05, 0) is 63.6 Å². The van der Waals surface area contributed by atoms with Crippen LogP contribution in [-0.2, 0) is 11.3 Å². The summed E-state index contributed by atoms with van der Waals surface area (Å²) >= 11 is 0. The molecule has 0 unspecified atom stereocenters. The minimum Gasteiger partial charge on any atom is -0.497 e. The largest absolute Gasteiger partial charge is 0.497 e. The molecule has 0 spiro atoms. The van der Waals surface area contributed by atoms with Crippen molar-refractivity contribution in [2.75, 3.05) is 7.11 Å². The Morgan fingerprint density at radius 2 is 1.70 bits per heavy atom. The highest BCUT2D eigenvalue weighted by molar-refractivity contribution is 5.41. The predicted molar refractivity (Wildman–Crippen MR) is 81.6 cm³/mol. The number of rotatable bonds is 4. The number of aryl methyl sites for hydroxylation is 1. The fourth-order valence-electron chi connectivity index (χ4n) is 2.02. The van der Waals surface area contributed by atoms with Crippen molar-refractivity contribution < 1.29 is 9.47 Å². The van der Waals surface area contributed by atoms with Crippen molar-refractivity contribution in [3.8, 4) is 11.4 Å². The third-order valence-electron chi connectivity index (χ3n) is 3.21. The van der Waals surface area contributed by atoms with Crippen molar-refractivity contribution >= 4 is 0 Å². The van der Waals surface area contributed by atoms with Crippen LogP contribution in [0.1, 0.15) is 32.0 Å². The molecule has 20 heavy (non-hydrogen) atoms. The van der Waals surface area contributed by atoms with E-state index in [0.29, 0.717) is 6.61 Å². The first kappa shape index (κ1) is 14.7. The van der Waals surface area contributed by atoms with Gasteiger partial charge in [-0.2, -0.15) is 0 Å². The molecule has 1 aromatic carbocycles. The summed E-state index contributed by atoms with van der Waals surface area (Å²) in [7, 11) is 1.68. The summed E-state index contributed by atoms with van der Waals surface area (Å²) in [5, 5.41) is 0. The van der Waals surface area contributed by atoms with E-state index in [1.54, 1.807) is 7.11 Å². The summed E-state index contributed by atoms with van der Waals surface area (Å²) in [6.07, 6.45) is 2.08. The number of nitrogens with zero attached hydrogens (tertiary/aromatic N) is 1. The van der Waals surface area contributed by atoms with Crippen LogP contribution in [-0.4, -0.2) is 17.3 Å². The van der Waals surface area contributed by atoms with Crippen LogP contribution in [0, 0.1) is 6.92 Å². The Kier molecular flexibility index (Phi) is 4.19. The van der Waals surface area contributed by atoms with Gasteiger partial charge in [0.2, 0.25) is 0 Å². The second kappa shape index (κ2) is 5.71. The number of methoxy groups -OCH3 is 1. The lowest BCUT2D eigenvalue weighted by molar-refractivity contribution is -0.0172.